The number of hydrogen-bond donors (Lipinski definition) is 1. The molecule has 38 heavy (non-hydrogen) atoms. The number of carboxylic acids is 1. The third-order valence-electron chi connectivity index (χ3n) is 6.73. The van der Waals surface area contributed by atoms with Crippen molar-refractivity contribution in [3.05, 3.63) is 88.9 Å². The molecule has 0 aliphatic carbocycles. The van der Waals surface area contributed by atoms with Gasteiger partial charge in [-0.2, -0.15) is 0 Å². The van der Waals surface area contributed by atoms with Gasteiger partial charge < -0.3 is 19.6 Å². The molecule has 1 N–H and O–H groups in total. The molecule has 2 amide bonds. The second kappa shape index (κ2) is 12.1. The number of fused-ring (bicyclic) bond motifs is 1. The average Bonchev–Trinajstić information content (AvgIpc) is 2.92. The lowest BCUT2D eigenvalue weighted by atomic mass is 9.84. The lowest BCUT2D eigenvalue weighted by Crippen LogP contribution is -2.46. The molecule has 2 atom stereocenters. The number of benzene rings is 3. The first kappa shape index (κ1) is 27.2. The molecule has 0 unspecified atom stereocenters. The minimum Gasteiger partial charge on any atom is -0.494 e. The van der Waals surface area contributed by atoms with E-state index < -0.39 is 5.97 Å². The van der Waals surface area contributed by atoms with Crippen molar-refractivity contribution in [3.8, 4) is 5.75 Å². The second-order valence-corrected chi connectivity index (χ2v) is 9.74. The predicted octanol–water partition coefficient (Wildman–Crippen LogP) is 6.16. The van der Waals surface area contributed by atoms with Gasteiger partial charge >= 0.3 is 5.97 Å². The number of anilines is 2. The van der Waals surface area contributed by atoms with Gasteiger partial charge in [-0.1, -0.05) is 29.8 Å². The number of ether oxygens (including phenoxy) is 1. The summed E-state index contributed by atoms with van der Waals surface area (Å²) in [6.07, 6.45) is 0.948. The first-order chi connectivity index (χ1) is 18.3. The van der Waals surface area contributed by atoms with E-state index in [4.69, 9.17) is 21.4 Å². The van der Waals surface area contributed by atoms with E-state index >= 15 is 0 Å². The van der Waals surface area contributed by atoms with Crippen LogP contribution in [0.3, 0.4) is 0 Å². The van der Waals surface area contributed by atoms with Gasteiger partial charge in [-0.25, -0.2) is 0 Å². The molecule has 7 nitrogen and oxygen atoms in total. The maximum Gasteiger partial charge on any atom is 0.303 e. The maximum absolute atomic E-state index is 13.8. The number of carboxylic acid groups (broad SMARTS) is 1. The molecular weight excluding hydrogens is 504 g/mol. The van der Waals surface area contributed by atoms with Crippen molar-refractivity contribution < 1.29 is 24.2 Å². The normalized spacial score (nSPS) is 16.4. The summed E-state index contributed by atoms with van der Waals surface area (Å²) < 4.78 is 5.59. The monoisotopic (exact) mass is 534 g/mol. The Morgan fingerprint density at radius 2 is 1.71 bits per heavy atom. The zero-order chi connectivity index (χ0) is 27.2. The van der Waals surface area contributed by atoms with E-state index in [1.54, 1.807) is 46.2 Å². The van der Waals surface area contributed by atoms with Crippen LogP contribution in [-0.4, -0.2) is 42.1 Å². The standard InChI is InChI=1S/C30H31ClN2O5/c1-3-32(23-14-12-22(31)13-15-23)30(37)26-19-20(2)33(27-8-5-4-7-25(26)27)29(36)21-10-16-24(17-11-21)38-18-6-9-28(34)35/h4-5,7-8,10-17,20,26H,3,6,9,18-19H2,1-2H3,(H,34,35)/t20-,26-/m1/s1. The SMILES string of the molecule is CCN(C(=O)[C@@H]1C[C@@H](C)N(C(=O)c2ccc(OCCCC(=O)O)cc2)c2ccccc21)c1ccc(Cl)cc1. The van der Waals surface area contributed by atoms with E-state index in [-0.39, 0.29) is 36.8 Å². The summed E-state index contributed by atoms with van der Waals surface area (Å²) in [5, 5.41) is 9.36. The number of carbonyl (C=O) groups is 3. The van der Waals surface area contributed by atoms with Crippen LogP contribution in [0, 0.1) is 0 Å². The molecule has 0 bridgehead atoms. The van der Waals surface area contributed by atoms with Gasteiger partial charge in [-0.05, 0) is 86.8 Å². The van der Waals surface area contributed by atoms with Crippen molar-refractivity contribution in [2.45, 2.75) is 45.1 Å². The summed E-state index contributed by atoms with van der Waals surface area (Å²) in [6.45, 7) is 4.71. The fourth-order valence-electron chi connectivity index (χ4n) is 4.88. The lowest BCUT2D eigenvalue weighted by molar-refractivity contribution is -0.137. The Kier molecular flexibility index (Phi) is 8.69. The molecule has 1 heterocycles. The quantitative estimate of drug-likeness (QED) is 0.332. The Morgan fingerprint density at radius 1 is 1.03 bits per heavy atom. The summed E-state index contributed by atoms with van der Waals surface area (Å²) in [5.74, 6) is -0.834. The summed E-state index contributed by atoms with van der Waals surface area (Å²) >= 11 is 6.05. The number of amides is 2. The van der Waals surface area contributed by atoms with Crippen molar-refractivity contribution in [1.82, 2.24) is 0 Å². The highest BCUT2D eigenvalue weighted by atomic mass is 35.5. The Hall–Kier alpha value is -3.84. The van der Waals surface area contributed by atoms with Crippen LogP contribution in [0.15, 0.2) is 72.8 Å². The highest BCUT2D eigenvalue weighted by Gasteiger charge is 2.38. The number of para-hydroxylation sites is 1. The second-order valence-electron chi connectivity index (χ2n) is 9.30. The minimum atomic E-state index is -0.859. The molecular formula is C30H31ClN2O5. The van der Waals surface area contributed by atoms with Gasteiger partial charge in [0.2, 0.25) is 5.91 Å². The number of hydrogen-bond acceptors (Lipinski definition) is 4. The summed E-state index contributed by atoms with van der Waals surface area (Å²) in [7, 11) is 0. The number of likely N-dealkylation sites (N-methyl/N-ethyl adjacent to an activating group) is 1. The first-order valence-electron chi connectivity index (χ1n) is 12.7. The van der Waals surface area contributed by atoms with Crippen molar-refractivity contribution in [2.75, 3.05) is 23.0 Å². The molecule has 0 aromatic heterocycles. The Bertz CT molecular complexity index is 1290. The summed E-state index contributed by atoms with van der Waals surface area (Å²) in [6, 6.07) is 21.5. The molecule has 3 aromatic rings. The van der Waals surface area contributed by atoms with Crippen LogP contribution in [0.2, 0.25) is 5.02 Å². The molecule has 0 spiro atoms. The van der Waals surface area contributed by atoms with Gasteiger partial charge in [-0.3, -0.25) is 14.4 Å². The van der Waals surface area contributed by atoms with E-state index in [0.717, 1.165) is 16.9 Å². The zero-order valence-corrected chi connectivity index (χ0v) is 22.2. The Morgan fingerprint density at radius 3 is 2.37 bits per heavy atom. The van der Waals surface area contributed by atoms with Crippen LogP contribution < -0.4 is 14.5 Å². The van der Waals surface area contributed by atoms with Gasteiger partial charge in [-0.15, -0.1) is 0 Å². The highest BCUT2D eigenvalue weighted by molar-refractivity contribution is 6.30. The van der Waals surface area contributed by atoms with E-state index in [1.807, 2.05) is 50.2 Å². The third kappa shape index (κ3) is 6.00. The van der Waals surface area contributed by atoms with Gasteiger partial charge in [0, 0.05) is 41.0 Å². The number of nitrogens with zero attached hydrogens (tertiary/aromatic N) is 2. The van der Waals surface area contributed by atoms with Crippen LogP contribution in [-0.2, 0) is 9.59 Å². The largest absolute Gasteiger partial charge is 0.494 e. The first-order valence-corrected chi connectivity index (χ1v) is 13.1. The van der Waals surface area contributed by atoms with Crippen LogP contribution in [0.25, 0.3) is 0 Å². The van der Waals surface area contributed by atoms with Crippen molar-refractivity contribution in [1.29, 1.82) is 0 Å². The minimum absolute atomic E-state index is 0.00868. The molecule has 4 rings (SSSR count). The van der Waals surface area contributed by atoms with E-state index in [2.05, 4.69) is 0 Å². The molecule has 0 radical (unpaired) electrons. The maximum atomic E-state index is 13.8. The van der Waals surface area contributed by atoms with E-state index in [9.17, 15) is 14.4 Å². The number of aliphatic carboxylic acids is 1. The molecule has 1 aliphatic heterocycles. The lowest BCUT2D eigenvalue weighted by Gasteiger charge is -2.40. The summed E-state index contributed by atoms with van der Waals surface area (Å²) in [4.78, 5) is 41.6. The van der Waals surface area contributed by atoms with E-state index in [1.165, 1.54) is 0 Å². The highest BCUT2D eigenvalue weighted by Crippen LogP contribution is 2.41. The molecule has 8 heteroatoms. The zero-order valence-electron chi connectivity index (χ0n) is 21.5. The van der Waals surface area contributed by atoms with Crippen molar-refractivity contribution in [2.24, 2.45) is 0 Å². The van der Waals surface area contributed by atoms with Crippen LogP contribution in [0.1, 0.15) is 54.9 Å². The van der Waals surface area contributed by atoms with Crippen LogP contribution in [0.4, 0.5) is 11.4 Å². The molecule has 0 fully saturated rings. The van der Waals surface area contributed by atoms with Crippen LogP contribution >= 0.6 is 11.6 Å². The van der Waals surface area contributed by atoms with Gasteiger partial charge in [0.25, 0.3) is 5.91 Å². The molecule has 3 aromatic carbocycles. The molecule has 1 aliphatic rings. The third-order valence-corrected chi connectivity index (χ3v) is 6.98. The molecule has 0 saturated heterocycles. The Balaban J connectivity index is 1.55. The van der Waals surface area contributed by atoms with Crippen molar-refractivity contribution >= 4 is 40.8 Å². The van der Waals surface area contributed by atoms with Gasteiger partial charge in [0.1, 0.15) is 5.75 Å². The molecule has 0 saturated carbocycles. The van der Waals surface area contributed by atoms with Crippen molar-refractivity contribution in [3.63, 3.8) is 0 Å². The number of carbonyl (C=O) groups excluding carboxylic acids is 2. The fourth-order valence-corrected chi connectivity index (χ4v) is 5.00. The fraction of sp³-hybridized carbons (Fsp3) is 0.300. The van der Waals surface area contributed by atoms with E-state index in [0.29, 0.717) is 35.7 Å². The van der Waals surface area contributed by atoms with Crippen LogP contribution in [0.5, 0.6) is 5.75 Å². The van der Waals surface area contributed by atoms with Gasteiger partial charge in [0.15, 0.2) is 0 Å². The average molecular weight is 535 g/mol. The smallest absolute Gasteiger partial charge is 0.303 e. The molecule has 198 valence electrons. The summed E-state index contributed by atoms with van der Waals surface area (Å²) in [5.41, 5.74) is 2.85. The topological polar surface area (TPSA) is 87.2 Å². The number of halogens is 1. The van der Waals surface area contributed by atoms with Gasteiger partial charge in [0.05, 0.1) is 12.5 Å². The number of rotatable bonds is 9. The predicted molar refractivity (Wildman–Crippen MR) is 148 cm³/mol. The Labute approximate surface area is 227 Å².